The smallest absolute Gasteiger partial charge is 0.221 e. The molecule has 0 spiro atoms. The molecular formula is C55H94N8O11. The summed E-state index contributed by atoms with van der Waals surface area (Å²) in [5.74, 6) is 1.01. The fraction of sp³-hybridized carbons (Fsp3) is 0.691. The summed E-state index contributed by atoms with van der Waals surface area (Å²) < 4.78 is 35.5. The predicted molar refractivity (Wildman–Crippen MR) is 290 cm³/mol. The van der Waals surface area contributed by atoms with Crippen molar-refractivity contribution in [3.63, 3.8) is 0 Å². The van der Waals surface area contributed by atoms with E-state index in [1.54, 1.807) is 26.4 Å². The molecule has 0 saturated heterocycles. The second-order valence-corrected chi connectivity index (χ2v) is 18.4. The van der Waals surface area contributed by atoms with Gasteiger partial charge in [-0.25, -0.2) is 0 Å². The Bertz CT molecular complexity index is 1730. The zero-order valence-corrected chi connectivity index (χ0v) is 45.8. The number of benzene rings is 2. The van der Waals surface area contributed by atoms with Crippen molar-refractivity contribution in [3.8, 4) is 17.2 Å². The van der Waals surface area contributed by atoms with Gasteiger partial charge in [0.05, 0.1) is 46.7 Å². The molecule has 8 N–H and O–H groups in total. The van der Waals surface area contributed by atoms with E-state index in [1.165, 1.54) is 0 Å². The van der Waals surface area contributed by atoms with Crippen LogP contribution in [-0.4, -0.2) is 156 Å². The van der Waals surface area contributed by atoms with E-state index in [1.807, 2.05) is 58.4 Å². The van der Waals surface area contributed by atoms with Gasteiger partial charge in [-0.1, -0.05) is 31.4 Å². The van der Waals surface area contributed by atoms with Crippen LogP contribution in [0.25, 0.3) is 0 Å². The summed E-state index contributed by atoms with van der Waals surface area (Å²) in [4.78, 5) is 65.3. The van der Waals surface area contributed by atoms with Gasteiger partial charge < -0.3 is 71.0 Å². The van der Waals surface area contributed by atoms with Gasteiger partial charge >= 0.3 is 0 Å². The minimum Gasteiger partial charge on any atom is -0.497 e. The fourth-order valence-electron chi connectivity index (χ4n) is 7.94. The van der Waals surface area contributed by atoms with Crippen molar-refractivity contribution in [2.45, 2.75) is 128 Å². The van der Waals surface area contributed by atoms with Crippen molar-refractivity contribution in [1.82, 2.24) is 42.5 Å². The van der Waals surface area contributed by atoms with Gasteiger partial charge in [0.1, 0.15) is 22.8 Å². The normalized spacial score (nSPS) is 11.6. The van der Waals surface area contributed by atoms with Crippen molar-refractivity contribution in [2.75, 3.05) is 121 Å². The molecule has 1 unspecified atom stereocenters. The third kappa shape index (κ3) is 30.4. The Morgan fingerprint density at radius 1 is 0.486 bits per heavy atom. The zero-order valence-electron chi connectivity index (χ0n) is 45.8. The monoisotopic (exact) mass is 1040 g/mol. The Morgan fingerprint density at radius 2 is 0.932 bits per heavy atom. The van der Waals surface area contributed by atoms with Crippen LogP contribution >= 0.6 is 0 Å². The first-order chi connectivity index (χ1) is 36.0. The molecule has 5 amide bonds. The molecule has 0 heterocycles. The molecule has 0 aliphatic rings. The zero-order chi connectivity index (χ0) is 53.9. The van der Waals surface area contributed by atoms with Crippen LogP contribution in [0.1, 0.15) is 133 Å². The van der Waals surface area contributed by atoms with E-state index >= 15 is 0 Å². The van der Waals surface area contributed by atoms with Crippen LogP contribution in [0.4, 0.5) is 0 Å². The number of nitrogens with one attached hydrogen (secondary N) is 8. The van der Waals surface area contributed by atoms with E-state index in [0.717, 1.165) is 83.0 Å². The molecule has 0 saturated carbocycles. The highest BCUT2D eigenvalue weighted by Crippen LogP contribution is 2.34. The van der Waals surface area contributed by atoms with Crippen LogP contribution in [0.15, 0.2) is 42.5 Å². The average molecular weight is 1040 g/mol. The summed E-state index contributed by atoms with van der Waals surface area (Å²) >= 11 is 0. The summed E-state index contributed by atoms with van der Waals surface area (Å²) in [5, 5.41) is 24.5. The average Bonchev–Trinajstić information content (AvgIpc) is 3.40. The van der Waals surface area contributed by atoms with Gasteiger partial charge in [-0.2, -0.15) is 0 Å². The number of rotatable bonds is 47. The molecule has 19 nitrogen and oxygen atoms in total. The number of unbranched alkanes of at least 4 members (excludes halogenated alkanes) is 6. The van der Waals surface area contributed by atoms with Gasteiger partial charge in [-0.15, -0.1) is 0 Å². The van der Waals surface area contributed by atoms with Crippen LogP contribution in [0, 0.1) is 0 Å². The van der Waals surface area contributed by atoms with Crippen LogP contribution in [0.2, 0.25) is 0 Å². The van der Waals surface area contributed by atoms with Crippen molar-refractivity contribution in [3.05, 3.63) is 53.6 Å². The largest absolute Gasteiger partial charge is 0.497 e. The number of methoxy groups -OCH3 is 2. The highest BCUT2D eigenvalue weighted by atomic mass is 16.5. The van der Waals surface area contributed by atoms with Crippen molar-refractivity contribution >= 4 is 29.5 Å². The molecular weight excluding hydrogens is 949 g/mol. The highest BCUT2D eigenvalue weighted by Gasteiger charge is 2.34. The lowest BCUT2D eigenvalue weighted by Gasteiger charge is -2.34. The summed E-state index contributed by atoms with van der Waals surface area (Å²) in [5.41, 5.74) is 0.290. The maximum Gasteiger partial charge on any atom is 0.221 e. The maximum atomic E-state index is 14.1. The van der Waals surface area contributed by atoms with E-state index in [2.05, 4.69) is 42.5 Å². The summed E-state index contributed by atoms with van der Waals surface area (Å²) in [6.07, 6.45) is 11.1. The van der Waals surface area contributed by atoms with Gasteiger partial charge in [0, 0.05) is 83.2 Å². The topological polar surface area (TPSA) is 237 Å². The van der Waals surface area contributed by atoms with Crippen LogP contribution in [0.5, 0.6) is 17.2 Å². The number of amides is 5. The molecule has 0 fully saturated rings. The molecule has 2 aromatic rings. The third-order valence-electron chi connectivity index (χ3n) is 12.1. The van der Waals surface area contributed by atoms with E-state index in [9.17, 15) is 24.0 Å². The summed E-state index contributed by atoms with van der Waals surface area (Å²) in [6, 6.07) is 12.2. The van der Waals surface area contributed by atoms with Gasteiger partial charge in [0.25, 0.3) is 0 Å². The SMILES string of the molecule is CCOc1ccc(C(NC(=O)CCC(=O)NC(COCCCNC(=O)CCCCCNC)(COCCCNC(=O)CCCCCNC)COCCCNC(=O)CCCCCNC)c2ccc(OC)cc2OC)cc1. The summed E-state index contributed by atoms with van der Waals surface area (Å²) in [7, 11) is 8.87. The molecule has 74 heavy (non-hydrogen) atoms. The van der Waals surface area contributed by atoms with E-state index in [-0.39, 0.29) is 76.1 Å². The van der Waals surface area contributed by atoms with E-state index in [0.29, 0.717) is 87.6 Å². The number of ether oxygens (including phenoxy) is 6. The van der Waals surface area contributed by atoms with Gasteiger partial charge in [0.2, 0.25) is 29.5 Å². The predicted octanol–water partition coefficient (Wildman–Crippen LogP) is 4.85. The Balaban J connectivity index is 2.23. The molecule has 0 aliphatic heterocycles. The first kappa shape index (κ1) is 65.1. The number of carbonyl (C=O) groups is 5. The van der Waals surface area contributed by atoms with E-state index in [4.69, 9.17) is 28.4 Å². The van der Waals surface area contributed by atoms with Crippen molar-refractivity contribution in [2.24, 2.45) is 0 Å². The van der Waals surface area contributed by atoms with Crippen molar-refractivity contribution in [1.29, 1.82) is 0 Å². The highest BCUT2D eigenvalue weighted by molar-refractivity contribution is 5.84. The quantitative estimate of drug-likeness (QED) is 0.0414. The maximum absolute atomic E-state index is 14.1. The second-order valence-electron chi connectivity index (χ2n) is 18.4. The number of carbonyl (C=O) groups excluding carboxylic acids is 5. The van der Waals surface area contributed by atoms with Gasteiger partial charge in [-0.3, -0.25) is 24.0 Å². The molecule has 0 aliphatic carbocycles. The lowest BCUT2D eigenvalue weighted by Crippen LogP contribution is -2.58. The molecule has 0 radical (unpaired) electrons. The first-order valence-electron chi connectivity index (χ1n) is 27.1. The minimum atomic E-state index is -1.18. The van der Waals surface area contributed by atoms with Gasteiger partial charge in [-0.05, 0) is 135 Å². The lowest BCUT2D eigenvalue weighted by molar-refractivity contribution is -0.130. The Kier molecular flexibility index (Phi) is 37.1. The molecule has 19 heteroatoms. The first-order valence-corrected chi connectivity index (χ1v) is 27.1. The van der Waals surface area contributed by atoms with Crippen molar-refractivity contribution < 1.29 is 52.4 Å². The van der Waals surface area contributed by atoms with Crippen LogP contribution in [0.3, 0.4) is 0 Å². The van der Waals surface area contributed by atoms with Crippen LogP contribution < -0.4 is 56.7 Å². The number of hydrogen-bond acceptors (Lipinski definition) is 14. The molecule has 2 rings (SSSR count). The fourth-order valence-corrected chi connectivity index (χ4v) is 7.94. The minimum absolute atomic E-state index is 0.00253. The van der Waals surface area contributed by atoms with Crippen LogP contribution in [-0.2, 0) is 38.2 Å². The molecule has 1 atom stereocenters. The molecule has 2 aromatic carbocycles. The third-order valence-corrected chi connectivity index (χ3v) is 12.1. The van der Waals surface area contributed by atoms with Gasteiger partial charge in [0.15, 0.2) is 0 Å². The molecule has 420 valence electrons. The standard InChI is InChI=1S/C55H94N8O11/c1-7-74-45-25-23-44(24-26-45)54(47-28-27-46(69-5)40-48(47)70-6)62-52(67)29-30-53(68)63-55(41-71-37-17-34-59-49(64)20-11-8-14-31-56-2,42-72-38-18-35-60-50(65)21-12-9-15-32-57-3)43-73-39-19-36-61-51(66)22-13-10-16-33-58-4/h23-28,40,54,56-58H,7-22,29-39,41-43H2,1-6H3,(H,59,64)(H,60,65)(H,61,66)(H,62,67)(H,63,68). The molecule has 0 aromatic heterocycles. The Labute approximate surface area is 442 Å². The second kappa shape index (κ2) is 42.2. The van der Waals surface area contributed by atoms with E-state index < -0.39 is 17.5 Å². The summed E-state index contributed by atoms with van der Waals surface area (Å²) in [6.45, 7) is 7.36. The molecule has 0 bridgehead atoms. The lowest BCUT2D eigenvalue weighted by atomic mass is 9.97. The Morgan fingerprint density at radius 3 is 1.35 bits per heavy atom. The Hall–Kier alpha value is -5.05. The number of hydrogen-bond donors (Lipinski definition) is 8.